The zero-order chi connectivity index (χ0) is 26.8. The largest absolute Gasteiger partial charge is 0.496 e. The Labute approximate surface area is 227 Å². The molecule has 4 aromatic rings. The van der Waals surface area contributed by atoms with Gasteiger partial charge in [-0.25, -0.2) is 4.98 Å². The molecule has 1 fully saturated rings. The Morgan fingerprint density at radius 1 is 1.32 bits per heavy atom. The molecule has 10 nitrogen and oxygen atoms in total. The van der Waals surface area contributed by atoms with E-state index in [1.807, 2.05) is 13.0 Å². The third-order valence-corrected chi connectivity index (χ3v) is 7.33. The molecule has 0 aliphatic carbocycles. The number of H-pyrrole nitrogens is 2. The van der Waals surface area contributed by atoms with Crippen LogP contribution in [0.15, 0.2) is 51.9 Å². The molecule has 200 valence electrons. The highest BCUT2D eigenvalue weighted by Crippen LogP contribution is 2.31. The molecule has 2 aromatic heterocycles. The fourth-order valence-electron chi connectivity index (χ4n) is 4.71. The maximum Gasteiger partial charge on any atom is 0.261 e. The van der Waals surface area contributed by atoms with Gasteiger partial charge >= 0.3 is 0 Å². The number of pyridine rings is 1. The van der Waals surface area contributed by atoms with Crippen molar-refractivity contribution in [3.8, 4) is 17.1 Å². The summed E-state index contributed by atoms with van der Waals surface area (Å²) in [6.45, 7) is 4.01. The van der Waals surface area contributed by atoms with Crippen LogP contribution in [0.25, 0.3) is 22.4 Å². The van der Waals surface area contributed by atoms with Gasteiger partial charge in [0.1, 0.15) is 17.1 Å². The topological polar surface area (TPSA) is 136 Å². The number of imidazole rings is 1. The number of anilines is 2. The number of aliphatic hydroxyl groups is 2. The lowest BCUT2D eigenvalue weighted by atomic mass is 10.1. The molecule has 2 atom stereocenters. The van der Waals surface area contributed by atoms with Gasteiger partial charge < -0.3 is 39.9 Å². The number of fused-ring (bicyclic) bond motifs is 1. The van der Waals surface area contributed by atoms with Crippen LogP contribution in [0.1, 0.15) is 17.2 Å². The van der Waals surface area contributed by atoms with E-state index in [1.165, 1.54) is 0 Å². The second-order valence-electron chi connectivity index (χ2n) is 9.25. The third kappa shape index (κ3) is 5.28. The summed E-state index contributed by atoms with van der Waals surface area (Å²) in [5, 5.41) is 23.5. The highest BCUT2D eigenvalue weighted by molar-refractivity contribution is 9.10. The van der Waals surface area contributed by atoms with Crippen LogP contribution in [0, 0.1) is 6.92 Å². The number of ether oxygens (including phenoxy) is 2. The molecule has 11 heteroatoms. The van der Waals surface area contributed by atoms with Crippen molar-refractivity contribution in [1.82, 2.24) is 15.0 Å². The summed E-state index contributed by atoms with van der Waals surface area (Å²) >= 11 is 3.45. The van der Waals surface area contributed by atoms with Gasteiger partial charge in [-0.1, -0.05) is 6.07 Å². The normalized spacial score (nSPS) is 16.6. The summed E-state index contributed by atoms with van der Waals surface area (Å²) in [6, 6.07) is 11.2. The predicted molar refractivity (Wildman–Crippen MR) is 150 cm³/mol. The van der Waals surface area contributed by atoms with Gasteiger partial charge in [0.05, 0.1) is 53.7 Å². The van der Waals surface area contributed by atoms with E-state index in [-0.39, 0.29) is 24.8 Å². The predicted octanol–water partition coefficient (Wildman–Crippen LogP) is 3.34. The number of benzene rings is 2. The van der Waals surface area contributed by atoms with Crippen molar-refractivity contribution >= 4 is 38.3 Å². The molecule has 0 radical (unpaired) electrons. The number of methoxy groups -OCH3 is 1. The summed E-state index contributed by atoms with van der Waals surface area (Å²) in [7, 11) is 1.59. The number of nitrogens with zero attached hydrogens (tertiary/aromatic N) is 2. The maximum atomic E-state index is 12.9. The van der Waals surface area contributed by atoms with Gasteiger partial charge in [-0.3, -0.25) is 4.79 Å². The van der Waals surface area contributed by atoms with E-state index >= 15 is 0 Å². The van der Waals surface area contributed by atoms with Crippen LogP contribution < -0.4 is 20.5 Å². The number of aromatic nitrogens is 3. The number of rotatable bonds is 8. The molecule has 0 bridgehead atoms. The molecule has 3 heterocycles. The van der Waals surface area contributed by atoms with Crippen molar-refractivity contribution in [2.45, 2.75) is 19.1 Å². The number of nitrogens with one attached hydrogen (secondary N) is 3. The quantitative estimate of drug-likeness (QED) is 0.213. The molecule has 0 spiro atoms. The van der Waals surface area contributed by atoms with E-state index in [0.29, 0.717) is 41.5 Å². The van der Waals surface area contributed by atoms with Gasteiger partial charge in [0, 0.05) is 31.5 Å². The van der Waals surface area contributed by atoms with Crippen molar-refractivity contribution in [3.63, 3.8) is 0 Å². The standard InChI is InChI=1S/C27H30BrN5O5/c1-15-9-17(33-7-8-38-18(13-33)14-34)11-21-25(15)32-26(31-21)24-20(5-6-29-27(24)36)30-12-22(35)16-3-4-23(37-2)19(28)10-16/h3-6,9-11,18,22,34-35H,7-8,12-14H2,1-2H3,(H,31,32)(H2,29,30,36)/t18-,22+/m1/s1. The zero-order valence-electron chi connectivity index (χ0n) is 21.1. The van der Waals surface area contributed by atoms with E-state index in [1.54, 1.807) is 37.6 Å². The fourth-order valence-corrected chi connectivity index (χ4v) is 5.27. The van der Waals surface area contributed by atoms with Crippen LogP contribution in [0.2, 0.25) is 0 Å². The first-order valence-corrected chi connectivity index (χ1v) is 13.1. The Balaban J connectivity index is 1.42. The van der Waals surface area contributed by atoms with Crippen molar-refractivity contribution in [2.24, 2.45) is 0 Å². The lowest BCUT2D eigenvalue weighted by Crippen LogP contribution is -2.44. The highest BCUT2D eigenvalue weighted by atomic mass is 79.9. The molecule has 1 saturated heterocycles. The number of aryl methyl sites for hydroxylation is 1. The second-order valence-corrected chi connectivity index (χ2v) is 10.1. The number of aromatic amines is 2. The van der Waals surface area contributed by atoms with Crippen molar-refractivity contribution in [3.05, 3.63) is 68.5 Å². The first-order chi connectivity index (χ1) is 18.4. The maximum absolute atomic E-state index is 12.9. The van der Waals surface area contributed by atoms with Crippen molar-refractivity contribution in [1.29, 1.82) is 0 Å². The van der Waals surface area contributed by atoms with Gasteiger partial charge in [0.2, 0.25) is 0 Å². The monoisotopic (exact) mass is 583 g/mol. The van der Waals surface area contributed by atoms with Gasteiger partial charge in [-0.05, 0) is 64.3 Å². The Bertz CT molecular complexity index is 1500. The molecule has 0 amide bonds. The number of hydrogen-bond acceptors (Lipinski definition) is 8. The van der Waals surface area contributed by atoms with E-state index in [4.69, 9.17) is 14.5 Å². The second kappa shape index (κ2) is 11.2. The van der Waals surface area contributed by atoms with Crippen LogP contribution >= 0.6 is 15.9 Å². The van der Waals surface area contributed by atoms with Gasteiger partial charge in [-0.2, -0.15) is 0 Å². The minimum Gasteiger partial charge on any atom is -0.496 e. The molecule has 2 aromatic carbocycles. The Morgan fingerprint density at radius 2 is 2.16 bits per heavy atom. The molecular weight excluding hydrogens is 554 g/mol. The van der Waals surface area contributed by atoms with Gasteiger partial charge in [-0.15, -0.1) is 0 Å². The average molecular weight is 584 g/mol. The number of hydrogen-bond donors (Lipinski definition) is 5. The molecule has 5 N–H and O–H groups in total. The lowest BCUT2D eigenvalue weighted by molar-refractivity contribution is 0.00357. The number of morpholine rings is 1. The van der Waals surface area contributed by atoms with Gasteiger partial charge in [0.25, 0.3) is 5.56 Å². The van der Waals surface area contributed by atoms with Crippen LogP contribution in [0.5, 0.6) is 5.75 Å². The Hall–Kier alpha value is -3.38. The molecule has 38 heavy (non-hydrogen) atoms. The Kier molecular flexibility index (Phi) is 7.70. The molecule has 0 saturated carbocycles. The first-order valence-electron chi connectivity index (χ1n) is 12.3. The number of halogens is 1. The zero-order valence-corrected chi connectivity index (χ0v) is 22.7. The highest BCUT2D eigenvalue weighted by Gasteiger charge is 2.22. The summed E-state index contributed by atoms with van der Waals surface area (Å²) < 4.78 is 11.6. The molecule has 0 unspecified atom stereocenters. The minimum atomic E-state index is -0.818. The average Bonchev–Trinajstić information content (AvgIpc) is 3.36. The third-order valence-electron chi connectivity index (χ3n) is 6.71. The minimum absolute atomic E-state index is 0.0249. The van der Waals surface area contributed by atoms with E-state index in [9.17, 15) is 15.0 Å². The van der Waals surface area contributed by atoms with Crippen LogP contribution in [-0.4, -0.2) is 71.2 Å². The number of aliphatic hydroxyl groups excluding tert-OH is 2. The van der Waals surface area contributed by atoms with Crippen molar-refractivity contribution in [2.75, 3.05) is 50.2 Å². The molecule has 1 aliphatic heterocycles. The van der Waals surface area contributed by atoms with Crippen molar-refractivity contribution < 1.29 is 19.7 Å². The van der Waals surface area contributed by atoms with E-state index in [2.05, 4.69) is 42.2 Å². The molecular formula is C27H30BrN5O5. The first kappa shape index (κ1) is 26.2. The Morgan fingerprint density at radius 3 is 2.92 bits per heavy atom. The summed E-state index contributed by atoms with van der Waals surface area (Å²) in [4.78, 5) is 25.9. The summed E-state index contributed by atoms with van der Waals surface area (Å²) in [5.41, 5.74) is 4.86. The fraction of sp³-hybridized carbons (Fsp3) is 0.333. The van der Waals surface area contributed by atoms with E-state index < -0.39 is 6.10 Å². The summed E-state index contributed by atoms with van der Waals surface area (Å²) in [6.07, 6.45) is 0.524. The molecule has 1 aliphatic rings. The summed E-state index contributed by atoms with van der Waals surface area (Å²) in [5.74, 6) is 1.11. The SMILES string of the molecule is COc1ccc([C@@H](O)CNc2cc[nH]c(=O)c2-c2nc3c(C)cc(N4CCO[C@@H](CO)C4)cc3[nH]2)cc1Br. The smallest absolute Gasteiger partial charge is 0.261 e. The van der Waals surface area contributed by atoms with Gasteiger partial charge in [0.15, 0.2) is 0 Å². The lowest BCUT2D eigenvalue weighted by Gasteiger charge is -2.33. The van der Waals surface area contributed by atoms with Crippen LogP contribution in [0.4, 0.5) is 11.4 Å². The van der Waals surface area contributed by atoms with Crippen LogP contribution in [-0.2, 0) is 4.74 Å². The molecule has 5 rings (SSSR count). The van der Waals surface area contributed by atoms with Crippen LogP contribution in [0.3, 0.4) is 0 Å². The van der Waals surface area contributed by atoms with E-state index in [0.717, 1.165) is 33.3 Å².